The normalized spacial score (nSPS) is 16.8. The van der Waals surface area contributed by atoms with Gasteiger partial charge < -0.3 is 0 Å². The molecule has 0 heterocycles. The van der Waals surface area contributed by atoms with Crippen molar-refractivity contribution >= 4 is 0 Å². The van der Waals surface area contributed by atoms with Gasteiger partial charge in [-0.1, -0.05) is 36.0 Å². The fraction of sp³-hybridized carbons (Fsp3) is 0.412. The second kappa shape index (κ2) is 5.86. The van der Waals surface area contributed by atoms with Crippen LogP contribution in [0.25, 0.3) is 0 Å². The van der Waals surface area contributed by atoms with E-state index in [0.29, 0.717) is 0 Å². The van der Waals surface area contributed by atoms with Gasteiger partial charge in [0.25, 0.3) is 0 Å². The highest BCUT2D eigenvalue weighted by Gasteiger charge is 2.10. The molecule has 0 heteroatoms. The number of hydrogen-bond acceptors (Lipinski definition) is 0. The highest BCUT2D eigenvalue weighted by atomic mass is 14.2. The van der Waals surface area contributed by atoms with Crippen molar-refractivity contribution < 1.29 is 0 Å². The third-order valence-corrected chi connectivity index (χ3v) is 3.60. The first-order chi connectivity index (χ1) is 7.99. The summed E-state index contributed by atoms with van der Waals surface area (Å²) >= 11 is 0. The van der Waals surface area contributed by atoms with Crippen molar-refractivity contribution in [2.24, 2.45) is 0 Å². The Kier molecular flexibility index (Phi) is 4.74. The molecule has 0 amide bonds. The first kappa shape index (κ1) is 13.8. The van der Waals surface area contributed by atoms with E-state index in [2.05, 4.69) is 53.3 Å². The summed E-state index contributed by atoms with van der Waals surface area (Å²) < 4.78 is 0. The smallest absolute Gasteiger partial charge is 0.0199 e. The first-order valence-electron chi connectivity index (χ1n) is 6.33. The Morgan fingerprint density at radius 2 is 1.88 bits per heavy atom. The summed E-state index contributed by atoms with van der Waals surface area (Å²) in [4.78, 5) is 0. The van der Waals surface area contributed by atoms with E-state index in [1.165, 1.54) is 46.3 Å². The third-order valence-electron chi connectivity index (χ3n) is 3.60. The average molecular weight is 228 g/mol. The molecule has 0 aromatic rings. The Morgan fingerprint density at radius 1 is 1.24 bits per heavy atom. The van der Waals surface area contributed by atoms with Crippen molar-refractivity contribution in [1.29, 1.82) is 0 Å². The van der Waals surface area contributed by atoms with Crippen LogP contribution in [-0.2, 0) is 0 Å². The lowest BCUT2D eigenvalue weighted by Crippen LogP contribution is -1.98. The van der Waals surface area contributed by atoms with Crippen LogP contribution in [0.1, 0.15) is 47.5 Å². The summed E-state index contributed by atoms with van der Waals surface area (Å²) in [6.07, 6.45) is 8.87. The van der Waals surface area contributed by atoms with E-state index in [-0.39, 0.29) is 0 Å². The molecule has 0 nitrogen and oxygen atoms in total. The Bertz CT molecular complexity index is 433. The highest BCUT2D eigenvalue weighted by Crippen LogP contribution is 2.29. The van der Waals surface area contributed by atoms with Gasteiger partial charge in [-0.3, -0.25) is 0 Å². The van der Waals surface area contributed by atoms with E-state index in [0.717, 1.165) is 0 Å². The van der Waals surface area contributed by atoms with Gasteiger partial charge in [-0.2, -0.15) is 0 Å². The summed E-state index contributed by atoms with van der Waals surface area (Å²) in [5.41, 5.74) is 8.23. The molecule has 0 saturated carbocycles. The summed E-state index contributed by atoms with van der Waals surface area (Å²) in [5, 5.41) is 0. The SMILES string of the molecule is C=C/C(C(C)=C(C)C)=C(/C)C1=C(C)CCC=C1. The van der Waals surface area contributed by atoms with Gasteiger partial charge in [-0.25, -0.2) is 0 Å². The van der Waals surface area contributed by atoms with Crippen molar-refractivity contribution in [3.63, 3.8) is 0 Å². The molecule has 1 aliphatic carbocycles. The zero-order valence-electron chi connectivity index (χ0n) is 11.9. The van der Waals surface area contributed by atoms with Crippen molar-refractivity contribution in [3.8, 4) is 0 Å². The molecule has 0 atom stereocenters. The van der Waals surface area contributed by atoms with Crippen molar-refractivity contribution in [2.75, 3.05) is 0 Å². The quantitative estimate of drug-likeness (QED) is 0.558. The Balaban J connectivity index is 3.33. The molecule has 0 N–H and O–H groups in total. The van der Waals surface area contributed by atoms with Crippen LogP contribution in [0.5, 0.6) is 0 Å². The van der Waals surface area contributed by atoms with Gasteiger partial charge >= 0.3 is 0 Å². The molecule has 0 saturated heterocycles. The molecule has 0 spiro atoms. The van der Waals surface area contributed by atoms with E-state index in [9.17, 15) is 0 Å². The largest absolute Gasteiger partial charge is 0.0984 e. The molecule has 0 bridgehead atoms. The maximum atomic E-state index is 3.97. The fourth-order valence-electron chi connectivity index (χ4n) is 2.22. The van der Waals surface area contributed by atoms with Crippen molar-refractivity contribution in [2.45, 2.75) is 47.5 Å². The standard InChI is InChI=1S/C17H24/c1-7-16(14(5)12(2)3)15(6)17-11-9-8-10-13(17)4/h7,9,11H,1,8,10H2,2-6H3/b16-15+. The lowest BCUT2D eigenvalue weighted by atomic mass is 9.88. The van der Waals surface area contributed by atoms with Gasteiger partial charge in [0.15, 0.2) is 0 Å². The van der Waals surface area contributed by atoms with E-state index in [1.807, 2.05) is 6.08 Å². The summed E-state index contributed by atoms with van der Waals surface area (Å²) in [7, 11) is 0. The van der Waals surface area contributed by atoms with Crippen LogP contribution in [0, 0.1) is 0 Å². The van der Waals surface area contributed by atoms with Gasteiger partial charge in [0.1, 0.15) is 0 Å². The molecule has 0 radical (unpaired) electrons. The van der Waals surface area contributed by atoms with Crippen LogP contribution < -0.4 is 0 Å². The van der Waals surface area contributed by atoms with E-state index >= 15 is 0 Å². The van der Waals surface area contributed by atoms with Gasteiger partial charge in [-0.05, 0) is 69.8 Å². The van der Waals surface area contributed by atoms with Crippen molar-refractivity contribution in [3.05, 3.63) is 58.2 Å². The Labute approximate surface area is 106 Å². The van der Waals surface area contributed by atoms with E-state index in [4.69, 9.17) is 0 Å². The molecule has 0 aromatic carbocycles. The van der Waals surface area contributed by atoms with Crippen LogP contribution in [0.2, 0.25) is 0 Å². The number of rotatable bonds is 3. The first-order valence-corrected chi connectivity index (χ1v) is 6.33. The Hall–Kier alpha value is -1.30. The molecule has 0 fully saturated rings. The minimum Gasteiger partial charge on any atom is -0.0984 e. The van der Waals surface area contributed by atoms with Gasteiger partial charge in [0, 0.05) is 0 Å². The van der Waals surface area contributed by atoms with Crippen LogP contribution in [-0.4, -0.2) is 0 Å². The topological polar surface area (TPSA) is 0 Å². The lowest BCUT2D eigenvalue weighted by molar-refractivity contribution is 0.940. The molecule has 92 valence electrons. The maximum Gasteiger partial charge on any atom is -0.0199 e. The third kappa shape index (κ3) is 3.09. The summed E-state index contributed by atoms with van der Waals surface area (Å²) in [5.74, 6) is 0. The average Bonchev–Trinajstić information content (AvgIpc) is 2.30. The number of hydrogen-bond donors (Lipinski definition) is 0. The molecule has 0 unspecified atom stereocenters. The molecule has 17 heavy (non-hydrogen) atoms. The fourth-order valence-corrected chi connectivity index (χ4v) is 2.22. The Morgan fingerprint density at radius 3 is 2.35 bits per heavy atom. The monoisotopic (exact) mass is 228 g/mol. The number of allylic oxidation sites excluding steroid dienone is 9. The predicted octanol–water partition coefficient (Wildman–Crippen LogP) is 5.51. The molecule has 0 aliphatic heterocycles. The maximum absolute atomic E-state index is 3.97. The van der Waals surface area contributed by atoms with Crippen molar-refractivity contribution in [1.82, 2.24) is 0 Å². The van der Waals surface area contributed by atoms with Gasteiger partial charge in [0.05, 0.1) is 0 Å². The summed E-state index contributed by atoms with van der Waals surface area (Å²) in [6.45, 7) is 14.9. The van der Waals surface area contributed by atoms with Crippen LogP contribution in [0.4, 0.5) is 0 Å². The van der Waals surface area contributed by atoms with Gasteiger partial charge in [0.2, 0.25) is 0 Å². The van der Waals surface area contributed by atoms with Gasteiger partial charge in [-0.15, -0.1) is 0 Å². The zero-order valence-corrected chi connectivity index (χ0v) is 11.9. The summed E-state index contributed by atoms with van der Waals surface area (Å²) in [6, 6.07) is 0. The molecule has 1 rings (SSSR count). The predicted molar refractivity (Wildman–Crippen MR) is 78.0 cm³/mol. The second-order valence-corrected chi connectivity index (χ2v) is 5.00. The zero-order chi connectivity index (χ0) is 13.0. The molecular formula is C17H24. The van der Waals surface area contributed by atoms with E-state index < -0.39 is 0 Å². The molecule has 1 aliphatic rings. The second-order valence-electron chi connectivity index (χ2n) is 5.00. The van der Waals surface area contributed by atoms with Crippen LogP contribution in [0.15, 0.2) is 58.2 Å². The molecule has 0 aromatic heterocycles. The minimum absolute atomic E-state index is 1.17. The van der Waals surface area contributed by atoms with E-state index in [1.54, 1.807) is 0 Å². The molecular weight excluding hydrogens is 204 g/mol. The lowest BCUT2D eigenvalue weighted by Gasteiger charge is -2.17. The van der Waals surface area contributed by atoms with Crippen LogP contribution >= 0.6 is 0 Å². The van der Waals surface area contributed by atoms with Crippen LogP contribution in [0.3, 0.4) is 0 Å². The highest BCUT2D eigenvalue weighted by molar-refractivity contribution is 5.54. The minimum atomic E-state index is 1.17.